The van der Waals surface area contributed by atoms with Crippen molar-refractivity contribution in [3.8, 4) is 0 Å². The summed E-state index contributed by atoms with van der Waals surface area (Å²) in [7, 11) is 0. The molecule has 0 aliphatic carbocycles. The van der Waals surface area contributed by atoms with Crippen LogP contribution < -0.4 is 0 Å². The summed E-state index contributed by atoms with van der Waals surface area (Å²) < 4.78 is 2.01. The lowest BCUT2D eigenvalue weighted by atomic mass is 9.88. The number of aryl methyl sites for hydroxylation is 1. The van der Waals surface area contributed by atoms with Gasteiger partial charge in [0.25, 0.3) is 0 Å². The minimum Gasteiger partial charge on any atom is -0.480 e. The number of carbonyl (C=O) groups is 2. The number of hydrogen-bond donors (Lipinski definition) is 1. The van der Waals surface area contributed by atoms with Crippen molar-refractivity contribution in [2.24, 2.45) is 0 Å². The van der Waals surface area contributed by atoms with Crippen LogP contribution in [0.1, 0.15) is 39.6 Å². The predicted molar refractivity (Wildman–Crippen MR) is 133 cm³/mol. The Morgan fingerprint density at radius 2 is 1.63 bits per heavy atom. The van der Waals surface area contributed by atoms with Crippen LogP contribution >= 0.6 is 0 Å². The fourth-order valence-corrected chi connectivity index (χ4v) is 4.91. The average molecular weight is 466 g/mol. The molecule has 2 heterocycles. The molecule has 1 atom stereocenters. The first-order valence-electron chi connectivity index (χ1n) is 11.7. The molecule has 1 aliphatic heterocycles. The zero-order valence-electron chi connectivity index (χ0n) is 19.5. The second-order valence-electron chi connectivity index (χ2n) is 9.03. The Bertz CT molecular complexity index is 1310. The van der Waals surface area contributed by atoms with E-state index < -0.39 is 17.9 Å². The summed E-state index contributed by atoms with van der Waals surface area (Å²) in [5.41, 5.74) is 5.60. The van der Waals surface area contributed by atoms with Crippen LogP contribution in [0.4, 0.5) is 0 Å². The second-order valence-corrected chi connectivity index (χ2v) is 9.03. The minimum atomic E-state index is -1.01. The first kappa shape index (κ1) is 22.6. The van der Waals surface area contributed by atoms with Gasteiger partial charge in [0.15, 0.2) is 0 Å². The number of fused-ring (bicyclic) bond motifs is 1. The number of carbonyl (C=O) groups excluding carboxylic acids is 1. The van der Waals surface area contributed by atoms with Gasteiger partial charge in [-0.05, 0) is 23.6 Å². The van der Waals surface area contributed by atoms with E-state index in [0.717, 1.165) is 28.1 Å². The molecule has 3 aromatic carbocycles. The summed E-state index contributed by atoms with van der Waals surface area (Å²) in [4.78, 5) is 32.4. The highest BCUT2D eigenvalue weighted by molar-refractivity contribution is 5.91. The van der Waals surface area contributed by atoms with Gasteiger partial charge in [-0.1, -0.05) is 90.5 Å². The SMILES string of the molecule is Cc1cccc(Cn2cnc3c2C[C@@H](C(=O)O)N(C(=O)C(c2ccccc2)c2ccccc2)C3)c1. The van der Waals surface area contributed by atoms with Crippen LogP contribution in [0, 0.1) is 6.92 Å². The van der Waals surface area contributed by atoms with Gasteiger partial charge in [0.05, 0.1) is 24.5 Å². The first-order valence-corrected chi connectivity index (χ1v) is 11.7. The number of aromatic nitrogens is 2. The van der Waals surface area contributed by atoms with Crippen LogP contribution in [0.15, 0.2) is 91.3 Å². The quantitative estimate of drug-likeness (QED) is 0.458. The number of carboxylic acids is 1. The van der Waals surface area contributed by atoms with Crippen LogP contribution in [0.2, 0.25) is 0 Å². The maximum Gasteiger partial charge on any atom is 0.326 e. The number of hydrogen-bond acceptors (Lipinski definition) is 3. The van der Waals surface area contributed by atoms with Crippen molar-refractivity contribution in [3.63, 3.8) is 0 Å². The first-order chi connectivity index (χ1) is 17.0. The molecule has 0 spiro atoms. The van der Waals surface area contributed by atoms with Crippen molar-refractivity contribution >= 4 is 11.9 Å². The normalized spacial score (nSPS) is 15.1. The molecule has 4 aromatic rings. The Morgan fingerprint density at radius 3 is 2.23 bits per heavy atom. The molecule has 0 saturated heterocycles. The fraction of sp³-hybridized carbons (Fsp3) is 0.207. The summed E-state index contributed by atoms with van der Waals surface area (Å²) >= 11 is 0. The number of nitrogens with zero attached hydrogens (tertiary/aromatic N) is 3. The van der Waals surface area contributed by atoms with Crippen LogP contribution in [0.3, 0.4) is 0 Å². The molecule has 0 unspecified atom stereocenters. The molecule has 0 bridgehead atoms. The van der Waals surface area contributed by atoms with Crippen molar-refractivity contribution < 1.29 is 14.7 Å². The Kier molecular flexibility index (Phi) is 6.19. The third-order valence-corrected chi connectivity index (χ3v) is 6.63. The summed E-state index contributed by atoms with van der Waals surface area (Å²) in [5.74, 6) is -1.82. The van der Waals surface area contributed by atoms with Gasteiger partial charge in [-0.25, -0.2) is 9.78 Å². The number of amides is 1. The lowest BCUT2D eigenvalue weighted by molar-refractivity contribution is -0.151. The topological polar surface area (TPSA) is 75.4 Å². The van der Waals surface area contributed by atoms with E-state index in [1.165, 1.54) is 10.5 Å². The maximum atomic E-state index is 14.0. The number of rotatable bonds is 6. The molecule has 5 rings (SSSR count). The number of aliphatic carboxylic acids is 1. The summed E-state index contributed by atoms with van der Waals surface area (Å²) in [5, 5.41) is 10.1. The number of imidazole rings is 1. The molecular weight excluding hydrogens is 438 g/mol. The van der Waals surface area contributed by atoms with Gasteiger partial charge in [0, 0.05) is 18.7 Å². The molecule has 0 fully saturated rings. The van der Waals surface area contributed by atoms with Crippen molar-refractivity contribution in [2.45, 2.75) is 38.4 Å². The molecule has 1 aromatic heterocycles. The van der Waals surface area contributed by atoms with Crippen molar-refractivity contribution in [1.82, 2.24) is 14.5 Å². The van der Waals surface area contributed by atoms with E-state index >= 15 is 0 Å². The van der Waals surface area contributed by atoms with E-state index in [9.17, 15) is 14.7 Å². The Balaban J connectivity index is 1.49. The van der Waals surface area contributed by atoms with Crippen molar-refractivity contribution in [2.75, 3.05) is 0 Å². The zero-order chi connectivity index (χ0) is 24.4. The number of carboxylic acid groups (broad SMARTS) is 1. The van der Waals surface area contributed by atoms with Gasteiger partial charge in [-0.2, -0.15) is 0 Å². The van der Waals surface area contributed by atoms with Crippen LogP contribution in [-0.4, -0.2) is 37.5 Å². The highest BCUT2D eigenvalue weighted by atomic mass is 16.4. The van der Waals surface area contributed by atoms with E-state index in [1.54, 1.807) is 6.33 Å². The minimum absolute atomic E-state index is 0.169. The van der Waals surface area contributed by atoms with Crippen LogP contribution in [0.5, 0.6) is 0 Å². The highest BCUT2D eigenvalue weighted by Gasteiger charge is 2.40. The third kappa shape index (κ3) is 4.60. The van der Waals surface area contributed by atoms with Crippen molar-refractivity contribution in [3.05, 3.63) is 125 Å². The lowest BCUT2D eigenvalue weighted by Crippen LogP contribution is -2.50. The molecule has 176 valence electrons. The molecule has 1 N–H and O–H groups in total. The Morgan fingerprint density at radius 1 is 0.971 bits per heavy atom. The van der Waals surface area contributed by atoms with Crippen LogP contribution in [-0.2, 0) is 29.1 Å². The lowest BCUT2D eigenvalue weighted by Gasteiger charge is -2.35. The van der Waals surface area contributed by atoms with Gasteiger partial charge < -0.3 is 14.6 Å². The van der Waals surface area contributed by atoms with E-state index in [1.807, 2.05) is 84.3 Å². The second kappa shape index (κ2) is 9.58. The molecular formula is C29H27N3O3. The average Bonchev–Trinajstić information content (AvgIpc) is 3.26. The van der Waals surface area contributed by atoms with Gasteiger partial charge in [0.1, 0.15) is 6.04 Å². The smallest absolute Gasteiger partial charge is 0.326 e. The van der Waals surface area contributed by atoms with E-state index in [2.05, 4.69) is 17.1 Å². The number of benzene rings is 3. The molecule has 35 heavy (non-hydrogen) atoms. The van der Waals surface area contributed by atoms with Crippen molar-refractivity contribution in [1.29, 1.82) is 0 Å². The molecule has 1 amide bonds. The van der Waals surface area contributed by atoms with Gasteiger partial charge in [-0.3, -0.25) is 4.79 Å². The maximum absolute atomic E-state index is 14.0. The van der Waals surface area contributed by atoms with E-state index in [-0.39, 0.29) is 18.9 Å². The van der Waals surface area contributed by atoms with Gasteiger partial charge >= 0.3 is 5.97 Å². The predicted octanol–water partition coefficient (Wildman–Crippen LogP) is 4.41. The third-order valence-electron chi connectivity index (χ3n) is 6.63. The molecule has 6 nitrogen and oxygen atoms in total. The van der Waals surface area contributed by atoms with E-state index in [4.69, 9.17) is 0 Å². The largest absolute Gasteiger partial charge is 0.480 e. The highest BCUT2D eigenvalue weighted by Crippen LogP contribution is 2.32. The van der Waals surface area contributed by atoms with Gasteiger partial charge in [0.2, 0.25) is 5.91 Å². The van der Waals surface area contributed by atoms with Gasteiger partial charge in [-0.15, -0.1) is 0 Å². The molecule has 0 radical (unpaired) electrons. The van der Waals surface area contributed by atoms with Crippen LogP contribution in [0.25, 0.3) is 0 Å². The monoisotopic (exact) mass is 465 g/mol. The standard InChI is InChI=1S/C29H27N3O3/c1-20-9-8-10-21(15-20)17-31-19-30-24-18-32(26(29(34)35)16-25(24)31)28(33)27(22-11-4-2-5-12-22)23-13-6-3-7-14-23/h2-15,19,26-27H,16-18H2,1H3,(H,34,35)/t26-/m0/s1. The fourth-order valence-electron chi connectivity index (χ4n) is 4.91. The summed E-state index contributed by atoms with van der Waals surface area (Å²) in [6.07, 6.45) is 1.98. The Labute approximate surface area is 204 Å². The summed E-state index contributed by atoms with van der Waals surface area (Å²) in [6, 6.07) is 26.3. The van der Waals surface area contributed by atoms with E-state index in [0.29, 0.717) is 6.54 Å². The summed E-state index contributed by atoms with van der Waals surface area (Å²) in [6.45, 7) is 2.83. The molecule has 1 aliphatic rings. The molecule has 6 heteroatoms. The zero-order valence-corrected chi connectivity index (χ0v) is 19.5. The Hall–Kier alpha value is -4.19. The molecule has 0 saturated carbocycles.